The molecule has 1 fully saturated rings. The highest BCUT2D eigenvalue weighted by Crippen LogP contribution is 2.28. The van der Waals surface area contributed by atoms with Gasteiger partial charge in [0.1, 0.15) is 5.82 Å². The second kappa shape index (κ2) is 9.03. The van der Waals surface area contributed by atoms with Crippen LogP contribution in [0.5, 0.6) is 5.88 Å². The van der Waals surface area contributed by atoms with Gasteiger partial charge in [-0.1, -0.05) is 30.3 Å². The van der Waals surface area contributed by atoms with Crippen molar-refractivity contribution in [2.24, 2.45) is 5.92 Å². The summed E-state index contributed by atoms with van der Waals surface area (Å²) in [7, 11) is 0. The summed E-state index contributed by atoms with van der Waals surface area (Å²) in [6.45, 7) is 3.12. The molecule has 0 aliphatic carbocycles. The molecule has 0 spiro atoms. The minimum Gasteiger partial charge on any atom is -0.477 e. The molecule has 1 aliphatic heterocycles. The minimum absolute atomic E-state index is 0.0148. The lowest BCUT2D eigenvalue weighted by molar-refractivity contribution is 0.0503. The number of hydrogen-bond donors (Lipinski definition) is 0. The van der Waals surface area contributed by atoms with E-state index in [2.05, 4.69) is 16.9 Å². The van der Waals surface area contributed by atoms with Crippen LogP contribution in [-0.4, -0.2) is 40.0 Å². The zero-order valence-corrected chi connectivity index (χ0v) is 16.9. The fraction of sp³-hybridized carbons (Fsp3) is 0.292. The smallest absolute Gasteiger partial charge is 0.256 e. The maximum atomic E-state index is 13.5. The maximum Gasteiger partial charge on any atom is 0.256 e. The SMILES string of the molecule is C[C@@H]1CC[C@@H](COc2ccc(F)cn2)CN1C(=O)c1cnccc1-c1ccccc1. The van der Waals surface area contributed by atoms with Gasteiger partial charge >= 0.3 is 0 Å². The number of rotatable bonds is 5. The number of carbonyl (C=O) groups is 1. The zero-order chi connectivity index (χ0) is 20.9. The number of pyridine rings is 2. The third-order valence-corrected chi connectivity index (χ3v) is 5.54. The van der Waals surface area contributed by atoms with E-state index in [1.807, 2.05) is 41.3 Å². The molecule has 1 amide bonds. The Morgan fingerprint density at radius 2 is 1.97 bits per heavy atom. The van der Waals surface area contributed by atoms with Crippen molar-refractivity contribution in [1.29, 1.82) is 0 Å². The molecule has 6 heteroatoms. The summed E-state index contributed by atoms with van der Waals surface area (Å²) >= 11 is 0. The van der Waals surface area contributed by atoms with Crippen LogP contribution in [0.1, 0.15) is 30.1 Å². The summed E-state index contributed by atoms with van der Waals surface area (Å²) in [5, 5.41) is 0. The summed E-state index contributed by atoms with van der Waals surface area (Å²) < 4.78 is 18.7. The molecule has 30 heavy (non-hydrogen) atoms. The Balaban J connectivity index is 1.49. The van der Waals surface area contributed by atoms with Crippen LogP contribution in [0.25, 0.3) is 11.1 Å². The van der Waals surface area contributed by atoms with E-state index in [0.717, 1.165) is 30.2 Å². The van der Waals surface area contributed by atoms with E-state index >= 15 is 0 Å². The van der Waals surface area contributed by atoms with Crippen LogP contribution in [0, 0.1) is 11.7 Å². The van der Waals surface area contributed by atoms with E-state index in [0.29, 0.717) is 24.6 Å². The van der Waals surface area contributed by atoms with Gasteiger partial charge in [0.2, 0.25) is 5.88 Å². The van der Waals surface area contributed by atoms with Gasteiger partial charge < -0.3 is 9.64 Å². The minimum atomic E-state index is -0.392. The van der Waals surface area contributed by atoms with Crippen LogP contribution in [0.2, 0.25) is 0 Å². The molecule has 0 saturated carbocycles. The monoisotopic (exact) mass is 405 g/mol. The van der Waals surface area contributed by atoms with Gasteiger partial charge in [-0.15, -0.1) is 0 Å². The molecule has 4 rings (SSSR count). The van der Waals surface area contributed by atoms with E-state index < -0.39 is 5.82 Å². The van der Waals surface area contributed by atoms with Crippen molar-refractivity contribution < 1.29 is 13.9 Å². The molecule has 0 unspecified atom stereocenters. The molecule has 5 nitrogen and oxygen atoms in total. The van der Waals surface area contributed by atoms with Gasteiger partial charge in [0.25, 0.3) is 5.91 Å². The highest BCUT2D eigenvalue weighted by atomic mass is 19.1. The van der Waals surface area contributed by atoms with Crippen molar-refractivity contribution in [3.63, 3.8) is 0 Å². The summed E-state index contributed by atoms with van der Waals surface area (Å²) in [6, 6.07) is 14.8. The Morgan fingerprint density at radius 3 is 2.73 bits per heavy atom. The van der Waals surface area contributed by atoms with Crippen LogP contribution < -0.4 is 4.74 Å². The number of hydrogen-bond acceptors (Lipinski definition) is 4. The van der Waals surface area contributed by atoms with Crippen LogP contribution in [0.4, 0.5) is 4.39 Å². The number of nitrogens with zero attached hydrogens (tertiary/aromatic N) is 3. The summed E-state index contributed by atoms with van der Waals surface area (Å²) in [6.07, 6.45) is 6.37. The van der Waals surface area contributed by atoms with E-state index in [-0.39, 0.29) is 17.9 Å². The first-order valence-electron chi connectivity index (χ1n) is 10.2. The largest absolute Gasteiger partial charge is 0.477 e. The van der Waals surface area contributed by atoms with Gasteiger partial charge in [0.05, 0.1) is 18.4 Å². The normalized spacial score (nSPS) is 18.8. The molecule has 1 aliphatic rings. The van der Waals surface area contributed by atoms with Crippen LogP contribution in [0.3, 0.4) is 0 Å². The van der Waals surface area contributed by atoms with Gasteiger partial charge in [-0.25, -0.2) is 9.37 Å². The Bertz CT molecular complexity index is 995. The number of aromatic nitrogens is 2. The van der Waals surface area contributed by atoms with Gasteiger partial charge in [0, 0.05) is 37.0 Å². The Hall–Kier alpha value is -3.28. The van der Waals surface area contributed by atoms with Gasteiger partial charge in [0.15, 0.2) is 0 Å². The predicted molar refractivity (Wildman–Crippen MR) is 113 cm³/mol. The molecule has 0 radical (unpaired) electrons. The number of carbonyl (C=O) groups excluding carboxylic acids is 1. The van der Waals surface area contributed by atoms with Gasteiger partial charge in [-0.3, -0.25) is 9.78 Å². The zero-order valence-electron chi connectivity index (χ0n) is 16.9. The molecule has 3 heterocycles. The van der Waals surface area contributed by atoms with Crippen molar-refractivity contribution in [1.82, 2.24) is 14.9 Å². The van der Waals surface area contributed by atoms with Crippen molar-refractivity contribution in [2.75, 3.05) is 13.2 Å². The fourth-order valence-corrected chi connectivity index (χ4v) is 3.84. The molecule has 1 saturated heterocycles. The van der Waals surface area contributed by atoms with Gasteiger partial charge in [-0.2, -0.15) is 0 Å². The molecule has 2 atom stereocenters. The molecule has 0 bridgehead atoms. The van der Waals surface area contributed by atoms with E-state index in [1.165, 1.54) is 12.1 Å². The lowest BCUT2D eigenvalue weighted by atomic mass is 9.92. The van der Waals surface area contributed by atoms with E-state index in [4.69, 9.17) is 4.74 Å². The van der Waals surface area contributed by atoms with Gasteiger partial charge in [-0.05, 0) is 43.0 Å². The number of benzene rings is 1. The summed E-state index contributed by atoms with van der Waals surface area (Å²) in [5.74, 6) is 0.177. The number of halogens is 1. The van der Waals surface area contributed by atoms with E-state index in [9.17, 15) is 9.18 Å². The average molecular weight is 405 g/mol. The summed E-state index contributed by atoms with van der Waals surface area (Å²) in [5.41, 5.74) is 2.49. The van der Waals surface area contributed by atoms with Crippen LogP contribution in [0.15, 0.2) is 67.1 Å². The first kappa shape index (κ1) is 20.0. The number of likely N-dealkylation sites (tertiary alicyclic amines) is 1. The Morgan fingerprint density at radius 1 is 1.13 bits per heavy atom. The lowest BCUT2D eigenvalue weighted by Gasteiger charge is -2.38. The Labute approximate surface area is 175 Å². The molecular weight excluding hydrogens is 381 g/mol. The molecule has 0 N–H and O–H groups in total. The highest BCUT2D eigenvalue weighted by molar-refractivity contribution is 6.00. The van der Waals surface area contributed by atoms with Crippen molar-refractivity contribution in [3.05, 3.63) is 78.5 Å². The molecule has 154 valence electrons. The molecule has 2 aromatic heterocycles. The van der Waals surface area contributed by atoms with Crippen molar-refractivity contribution in [3.8, 4) is 17.0 Å². The number of amides is 1. The predicted octanol–water partition coefficient (Wildman–Crippen LogP) is 4.60. The summed E-state index contributed by atoms with van der Waals surface area (Å²) in [4.78, 5) is 23.5. The Kier molecular flexibility index (Phi) is 6.02. The number of piperidine rings is 1. The molecule has 3 aromatic rings. The average Bonchev–Trinajstić information content (AvgIpc) is 2.80. The third-order valence-electron chi connectivity index (χ3n) is 5.54. The first-order valence-corrected chi connectivity index (χ1v) is 10.2. The quantitative estimate of drug-likeness (QED) is 0.622. The second-order valence-electron chi connectivity index (χ2n) is 7.66. The third kappa shape index (κ3) is 4.48. The van der Waals surface area contributed by atoms with Crippen LogP contribution >= 0.6 is 0 Å². The maximum absolute atomic E-state index is 13.5. The number of ether oxygens (including phenoxy) is 1. The standard InChI is InChI=1S/C24H24FN3O2/c1-17-7-8-18(16-30-23-10-9-20(25)13-27-23)15-28(17)24(29)22-14-26-12-11-21(22)19-5-3-2-4-6-19/h2-6,9-14,17-18H,7-8,15-16H2,1H3/t17-,18-/m1/s1. The second-order valence-corrected chi connectivity index (χ2v) is 7.66. The molecule has 1 aromatic carbocycles. The van der Waals surface area contributed by atoms with Crippen molar-refractivity contribution >= 4 is 5.91 Å². The fourth-order valence-electron chi connectivity index (χ4n) is 3.84. The molecular formula is C24H24FN3O2. The van der Waals surface area contributed by atoms with E-state index in [1.54, 1.807) is 12.4 Å². The highest BCUT2D eigenvalue weighted by Gasteiger charge is 2.31. The topological polar surface area (TPSA) is 55.3 Å². The van der Waals surface area contributed by atoms with Crippen LogP contribution in [-0.2, 0) is 0 Å². The lowest BCUT2D eigenvalue weighted by Crippen LogP contribution is -2.47. The van der Waals surface area contributed by atoms with Crippen molar-refractivity contribution in [2.45, 2.75) is 25.8 Å². The first-order chi connectivity index (χ1) is 14.6.